The van der Waals surface area contributed by atoms with Crippen molar-refractivity contribution >= 4 is 0 Å². The lowest BCUT2D eigenvalue weighted by molar-refractivity contribution is -0.176. The Labute approximate surface area is 98.8 Å². The predicted molar refractivity (Wildman–Crippen MR) is 56.7 cm³/mol. The summed E-state index contributed by atoms with van der Waals surface area (Å²) in [5.41, 5.74) is 5.49. The van der Waals surface area contributed by atoms with Gasteiger partial charge >= 0.3 is 6.18 Å². The number of alkyl halides is 3. The van der Waals surface area contributed by atoms with Crippen LogP contribution < -0.4 is 5.73 Å². The molecule has 1 aliphatic rings. The Bertz CT molecular complexity index is 226. The quantitative estimate of drug-likeness (QED) is 0.732. The first-order chi connectivity index (χ1) is 7.92. The van der Waals surface area contributed by atoms with Crippen molar-refractivity contribution in [3.63, 3.8) is 0 Å². The zero-order valence-electron chi connectivity index (χ0n) is 9.87. The zero-order chi connectivity index (χ0) is 12.9. The summed E-state index contributed by atoms with van der Waals surface area (Å²) >= 11 is 0. The van der Waals surface area contributed by atoms with Crippen molar-refractivity contribution < 1.29 is 22.6 Å². The third-order valence-electron chi connectivity index (χ3n) is 2.69. The molecule has 1 saturated heterocycles. The lowest BCUT2D eigenvalue weighted by Crippen LogP contribution is -2.51. The van der Waals surface area contributed by atoms with E-state index in [4.69, 9.17) is 10.5 Å². The summed E-state index contributed by atoms with van der Waals surface area (Å²) in [5.74, 6) is 0. The van der Waals surface area contributed by atoms with Gasteiger partial charge in [0, 0.05) is 25.7 Å². The first kappa shape index (κ1) is 14.7. The minimum atomic E-state index is -4.25. The number of hydrogen-bond acceptors (Lipinski definition) is 4. The third-order valence-corrected chi connectivity index (χ3v) is 2.69. The van der Waals surface area contributed by atoms with Gasteiger partial charge in [0.2, 0.25) is 0 Å². The smallest absolute Gasteiger partial charge is 0.374 e. The zero-order valence-corrected chi connectivity index (χ0v) is 9.87. The summed E-state index contributed by atoms with van der Waals surface area (Å²) in [6.45, 7) is 2.95. The largest absolute Gasteiger partial charge is 0.411 e. The highest BCUT2D eigenvalue weighted by molar-refractivity contribution is 4.77. The maximum Gasteiger partial charge on any atom is 0.411 e. The van der Waals surface area contributed by atoms with Gasteiger partial charge in [0.05, 0.1) is 19.3 Å². The molecule has 1 aliphatic heterocycles. The van der Waals surface area contributed by atoms with E-state index in [0.717, 1.165) is 0 Å². The van der Waals surface area contributed by atoms with Crippen molar-refractivity contribution in [2.24, 2.45) is 5.73 Å². The molecular formula is C10H19F3N2O2. The monoisotopic (exact) mass is 256 g/mol. The van der Waals surface area contributed by atoms with Gasteiger partial charge in [0.25, 0.3) is 0 Å². The van der Waals surface area contributed by atoms with Crippen LogP contribution in [-0.4, -0.2) is 62.7 Å². The Balaban J connectivity index is 2.20. The van der Waals surface area contributed by atoms with Crippen molar-refractivity contribution in [2.75, 3.05) is 39.5 Å². The molecule has 0 spiro atoms. The Morgan fingerprint density at radius 1 is 1.47 bits per heavy atom. The molecule has 1 heterocycles. The van der Waals surface area contributed by atoms with Crippen LogP contribution in [0.2, 0.25) is 0 Å². The van der Waals surface area contributed by atoms with E-state index >= 15 is 0 Å². The molecule has 0 radical (unpaired) electrons. The van der Waals surface area contributed by atoms with Crippen LogP contribution in [0.5, 0.6) is 0 Å². The van der Waals surface area contributed by atoms with E-state index in [2.05, 4.69) is 4.74 Å². The van der Waals surface area contributed by atoms with Crippen LogP contribution in [-0.2, 0) is 9.47 Å². The van der Waals surface area contributed by atoms with E-state index in [0.29, 0.717) is 26.2 Å². The normalized spacial score (nSPS) is 27.4. The maximum absolute atomic E-state index is 11.8. The summed E-state index contributed by atoms with van der Waals surface area (Å²) in [5, 5.41) is 0. The highest BCUT2D eigenvalue weighted by atomic mass is 19.4. The van der Waals surface area contributed by atoms with Gasteiger partial charge in [0.15, 0.2) is 0 Å². The highest BCUT2D eigenvalue weighted by Gasteiger charge is 2.28. The van der Waals surface area contributed by atoms with Gasteiger partial charge < -0.3 is 15.2 Å². The molecule has 0 aromatic carbocycles. The first-order valence-corrected chi connectivity index (χ1v) is 5.62. The molecule has 2 unspecified atom stereocenters. The van der Waals surface area contributed by atoms with Crippen molar-refractivity contribution in [3.05, 3.63) is 0 Å². The number of nitrogens with two attached hydrogens (primary N) is 1. The minimum Gasteiger partial charge on any atom is -0.374 e. The second kappa shape index (κ2) is 6.53. The molecule has 0 saturated carbocycles. The molecule has 2 atom stereocenters. The van der Waals surface area contributed by atoms with Crippen LogP contribution in [0.25, 0.3) is 0 Å². The molecule has 17 heavy (non-hydrogen) atoms. The van der Waals surface area contributed by atoms with Crippen LogP contribution in [0.1, 0.15) is 6.92 Å². The predicted octanol–water partition coefficient (Wildman–Crippen LogP) is 0.613. The molecule has 2 N–H and O–H groups in total. The van der Waals surface area contributed by atoms with Crippen LogP contribution in [0.3, 0.4) is 0 Å². The van der Waals surface area contributed by atoms with Gasteiger partial charge in [-0.15, -0.1) is 0 Å². The molecule has 0 amide bonds. The molecule has 0 aliphatic carbocycles. The van der Waals surface area contributed by atoms with Gasteiger partial charge in [-0.25, -0.2) is 0 Å². The fourth-order valence-corrected chi connectivity index (χ4v) is 1.70. The Hall–Kier alpha value is -0.370. The Morgan fingerprint density at radius 2 is 2.18 bits per heavy atom. The van der Waals surface area contributed by atoms with Crippen LogP contribution in [0.4, 0.5) is 13.2 Å². The second-order valence-electron chi connectivity index (χ2n) is 4.20. The summed E-state index contributed by atoms with van der Waals surface area (Å²) in [6, 6.07) is 0.187. The van der Waals surface area contributed by atoms with Crippen LogP contribution in [0.15, 0.2) is 0 Å². The fourth-order valence-electron chi connectivity index (χ4n) is 1.70. The molecule has 1 fully saturated rings. The van der Waals surface area contributed by atoms with Gasteiger partial charge in [-0.05, 0) is 6.92 Å². The van der Waals surface area contributed by atoms with E-state index < -0.39 is 12.8 Å². The highest BCUT2D eigenvalue weighted by Crippen LogP contribution is 2.15. The summed E-state index contributed by atoms with van der Waals surface area (Å²) in [4.78, 5) is 2.04. The SMILES string of the molecule is CC1COC(CN)CN1CCOCC(F)(F)F. The molecule has 0 aromatic heterocycles. The van der Waals surface area contributed by atoms with Gasteiger partial charge in [-0.3, -0.25) is 4.90 Å². The Kier molecular flexibility index (Phi) is 5.64. The van der Waals surface area contributed by atoms with Crippen LogP contribution in [0, 0.1) is 0 Å². The van der Waals surface area contributed by atoms with Gasteiger partial charge in [-0.2, -0.15) is 13.2 Å². The number of nitrogens with zero attached hydrogens (tertiary/aromatic N) is 1. The number of rotatable bonds is 5. The van der Waals surface area contributed by atoms with Crippen molar-refractivity contribution in [3.8, 4) is 0 Å². The lowest BCUT2D eigenvalue weighted by Gasteiger charge is -2.37. The summed E-state index contributed by atoms with van der Waals surface area (Å²) < 4.78 is 45.5. The van der Waals surface area contributed by atoms with Crippen molar-refractivity contribution in [1.29, 1.82) is 0 Å². The van der Waals surface area contributed by atoms with E-state index in [1.54, 1.807) is 0 Å². The summed E-state index contributed by atoms with van der Waals surface area (Å²) in [6.07, 6.45) is -4.29. The van der Waals surface area contributed by atoms with Gasteiger partial charge in [-0.1, -0.05) is 0 Å². The van der Waals surface area contributed by atoms with E-state index in [9.17, 15) is 13.2 Å². The minimum absolute atomic E-state index is 0.0335. The molecule has 4 nitrogen and oxygen atoms in total. The Morgan fingerprint density at radius 3 is 2.76 bits per heavy atom. The topological polar surface area (TPSA) is 47.7 Å². The average Bonchev–Trinajstić information content (AvgIpc) is 2.25. The lowest BCUT2D eigenvalue weighted by atomic mass is 10.2. The standard InChI is InChI=1S/C10H19F3N2O2/c1-8-6-17-9(4-14)5-15(8)2-3-16-7-10(11,12)13/h8-9H,2-7,14H2,1H3. The molecular weight excluding hydrogens is 237 g/mol. The van der Waals surface area contributed by atoms with Gasteiger partial charge in [0.1, 0.15) is 6.61 Å². The fraction of sp³-hybridized carbons (Fsp3) is 1.00. The molecule has 0 aromatic rings. The molecule has 7 heteroatoms. The van der Waals surface area contributed by atoms with Crippen LogP contribution >= 0.6 is 0 Å². The number of halogens is 3. The van der Waals surface area contributed by atoms with E-state index in [-0.39, 0.29) is 18.8 Å². The number of ether oxygens (including phenoxy) is 2. The van der Waals surface area contributed by atoms with Crippen molar-refractivity contribution in [2.45, 2.75) is 25.2 Å². The maximum atomic E-state index is 11.8. The average molecular weight is 256 g/mol. The second-order valence-corrected chi connectivity index (χ2v) is 4.20. The number of morpholine rings is 1. The van der Waals surface area contributed by atoms with E-state index in [1.807, 2.05) is 11.8 Å². The number of hydrogen-bond donors (Lipinski definition) is 1. The van der Waals surface area contributed by atoms with E-state index in [1.165, 1.54) is 0 Å². The summed E-state index contributed by atoms with van der Waals surface area (Å²) in [7, 11) is 0. The molecule has 0 bridgehead atoms. The first-order valence-electron chi connectivity index (χ1n) is 5.62. The third kappa shape index (κ3) is 5.67. The molecule has 1 rings (SSSR count). The molecule has 102 valence electrons. The van der Waals surface area contributed by atoms with Crippen molar-refractivity contribution in [1.82, 2.24) is 4.90 Å².